The number of hydrogen-bond acceptors (Lipinski definition) is 5. The van der Waals surface area contributed by atoms with E-state index >= 15 is 0 Å². The summed E-state index contributed by atoms with van der Waals surface area (Å²) in [5.74, 6) is 0.404. The predicted molar refractivity (Wildman–Crippen MR) is 94.4 cm³/mol. The minimum Gasteiger partial charge on any atom is -0.496 e. The normalized spacial score (nSPS) is 15.2. The maximum atomic E-state index is 12.1. The van der Waals surface area contributed by atoms with E-state index < -0.39 is 5.97 Å². The van der Waals surface area contributed by atoms with Crippen LogP contribution in [0.5, 0.6) is 5.75 Å². The molecule has 0 amide bonds. The number of ether oxygens (including phenoxy) is 2. The minimum absolute atomic E-state index is 0.258. The second kappa shape index (κ2) is 6.58. The molecule has 0 atom stereocenters. The number of carbonyl (C=O) groups is 1. The van der Waals surface area contributed by atoms with Crippen LogP contribution in [0.2, 0.25) is 0 Å². The van der Waals surface area contributed by atoms with Crippen LogP contribution >= 0.6 is 0 Å². The molecule has 0 bridgehead atoms. The van der Waals surface area contributed by atoms with Crippen molar-refractivity contribution in [3.8, 4) is 5.75 Å². The van der Waals surface area contributed by atoms with Crippen molar-refractivity contribution in [2.75, 3.05) is 26.1 Å². The summed E-state index contributed by atoms with van der Waals surface area (Å²) < 4.78 is 10.6. The molecule has 0 saturated carbocycles. The molecule has 0 aliphatic carbocycles. The Hall–Kier alpha value is -3.08. The minimum atomic E-state index is -0.465. The van der Waals surface area contributed by atoms with Gasteiger partial charge in [-0.1, -0.05) is 24.3 Å². The van der Waals surface area contributed by atoms with Crippen molar-refractivity contribution in [2.45, 2.75) is 0 Å². The van der Waals surface area contributed by atoms with Gasteiger partial charge in [0.25, 0.3) is 0 Å². The molecule has 0 spiro atoms. The van der Waals surface area contributed by atoms with Gasteiger partial charge in [-0.3, -0.25) is 0 Å². The Bertz CT molecular complexity index is 821. The molecule has 1 aliphatic heterocycles. The number of benzene rings is 2. The average molecular weight is 322 g/mol. The van der Waals surface area contributed by atoms with Crippen LogP contribution in [0.3, 0.4) is 0 Å². The summed E-state index contributed by atoms with van der Waals surface area (Å²) in [5, 5.41) is 0. The van der Waals surface area contributed by atoms with Crippen molar-refractivity contribution in [3.63, 3.8) is 0 Å². The van der Waals surface area contributed by atoms with Crippen molar-refractivity contribution in [2.24, 2.45) is 4.99 Å². The summed E-state index contributed by atoms with van der Waals surface area (Å²) in [5.41, 5.74) is 2.90. The first-order chi connectivity index (χ1) is 11.6. The van der Waals surface area contributed by atoms with Crippen LogP contribution in [0.15, 0.2) is 59.2 Å². The van der Waals surface area contributed by atoms with E-state index in [2.05, 4.69) is 4.99 Å². The lowest BCUT2D eigenvalue weighted by Crippen LogP contribution is -2.08. The summed E-state index contributed by atoms with van der Waals surface area (Å²) in [6.45, 7) is 0. The van der Waals surface area contributed by atoms with Crippen molar-refractivity contribution >= 4 is 23.6 Å². The van der Waals surface area contributed by atoms with Gasteiger partial charge >= 0.3 is 5.97 Å². The number of carbonyl (C=O) groups excluding carboxylic acids is 1. The predicted octanol–water partition coefficient (Wildman–Crippen LogP) is 3.11. The van der Waals surface area contributed by atoms with Gasteiger partial charge in [-0.05, 0) is 35.9 Å². The zero-order chi connectivity index (χ0) is 17.1. The van der Waals surface area contributed by atoms with Crippen LogP contribution in [0, 0.1) is 0 Å². The molecule has 2 aromatic carbocycles. The van der Waals surface area contributed by atoms with Crippen LogP contribution in [0.25, 0.3) is 6.08 Å². The van der Waals surface area contributed by atoms with E-state index in [1.54, 1.807) is 25.3 Å². The molecule has 3 rings (SSSR count). The molecule has 2 aromatic rings. The van der Waals surface area contributed by atoms with Gasteiger partial charge in [0.1, 0.15) is 5.75 Å². The number of cyclic esters (lactones) is 1. The lowest BCUT2D eigenvalue weighted by molar-refractivity contribution is -0.129. The number of para-hydroxylation sites is 1. The highest BCUT2D eigenvalue weighted by molar-refractivity contribution is 6.13. The first-order valence-corrected chi connectivity index (χ1v) is 7.52. The van der Waals surface area contributed by atoms with Gasteiger partial charge in [-0.2, -0.15) is 0 Å². The monoisotopic (exact) mass is 322 g/mol. The maximum absolute atomic E-state index is 12.1. The lowest BCUT2D eigenvalue weighted by atomic mass is 10.1. The largest absolute Gasteiger partial charge is 0.496 e. The quantitative estimate of drug-likeness (QED) is 0.641. The maximum Gasteiger partial charge on any atom is 0.363 e. The van der Waals surface area contributed by atoms with Crippen molar-refractivity contribution in [1.29, 1.82) is 0 Å². The molecule has 122 valence electrons. The molecule has 0 unspecified atom stereocenters. The molecule has 5 nitrogen and oxygen atoms in total. The highest BCUT2D eigenvalue weighted by Crippen LogP contribution is 2.25. The molecular formula is C19H18N2O3. The number of hydrogen-bond donors (Lipinski definition) is 0. The molecule has 24 heavy (non-hydrogen) atoms. The fraction of sp³-hybridized carbons (Fsp3) is 0.158. The van der Waals surface area contributed by atoms with Gasteiger partial charge in [0, 0.05) is 19.8 Å². The topological polar surface area (TPSA) is 51.1 Å². The van der Waals surface area contributed by atoms with Crippen LogP contribution in [0.1, 0.15) is 11.1 Å². The van der Waals surface area contributed by atoms with Crippen LogP contribution in [0.4, 0.5) is 5.69 Å². The Morgan fingerprint density at radius 2 is 1.79 bits per heavy atom. The van der Waals surface area contributed by atoms with E-state index in [-0.39, 0.29) is 11.6 Å². The molecule has 0 saturated heterocycles. The molecule has 0 fully saturated rings. The number of aliphatic imine (C=N–C) groups is 1. The summed E-state index contributed by atoms with van der Waals surface area (Å²) in [6, 6.07) is 15.1. The molecule has 1 aliphatic rings. The standard InChI is InChI=1S/C19H18N2O3/c1-21(2)14-10-8-13(9-11-14)12-16-19(22)24-18(20-16)15-6-4-5-7-17(15)23-3/h4-12H,1-3H3/b16-12+. The second-order valence-electron chi connectivity index (χ2n) is 5.52. The van der Waals surface area contributed by atoms with Crippen molar-refractivity contribution in [3.05, 3.63) is 65.4 Å². The third kappa shape index (κ3) is 3.15. The van der Waals surface area contributed by atoms with E-state index in [0.717, 1.165) is 11.3 Å². The van der Waals surface area contributed by atoms with E-state index in [1.165, 1.54) is 0 Å². The highest BCUT2D eigenvalue weighted by Gasteiger charge is 2.26. The van der Waals surface area contributed by atoms with Crippen LogP contribution in [-0.4, -0.2) is 33.1 Å². The summed E-state index contributed by atoms with van der Waals surface area (Å²) in [7, 11) is 5.52. The number of nitrogens with zero attached hydrogens (tertiary/aromatic N) is 2. The Morgan fingerprint density at radius 3 is 2.46 bits per heavy atom. The first kappa shape index (κ1) is 15.8. The smallest absolute Gasteiger partial charge is 0.363 e. The summed E-state index contributed by atoms with van der Waals surface area (Å²) in [4.78, 5) is 18.4. The van der Waals surface area contributed by atoms with Gasteiger partial charge < -0.3 is 14.4 Å². The van der Waals surface area contributed by atoms with Gasteiger partial charge in [0.2, 0.25) is 5.90 Å². The van der Waals surface area contributed by atoms with Crippen LogP contribution < -0.4 is 9.64 Å². The van der Waals surface area contributed by atoms with Gasteiger partial charge in [0.05, 0.1) is 12.7 Å². The fourth-order valence-electron chi connectivity index (χ4n) is 2.37. The number of rotatable bonds is 4. The lowest BCUT2D eigenvalue weighted by Gasteiger charge is -2.11. The van der Waals surface area contributed by atoms with E-state index in [9.17, 15) is 4.79 Å². The zero-order valence-electron chi connectivity index (χ0n) is 13.8. The number of anilines is 1. The molecule has 0 N–H and O–H groups in total. The van der Waals surface area contributed by atoms with Crippen LogP contribution in [-0.2, 0) is 9.53 Å². The van der Waals surface area contributed by atoms with Crippen molar-refractivity contribution in [1.82, 2.24) is 0 Å². The fourth-order valence-corrected chi connectivity index (χ4v) is 2.37. The van der Waals surface area contributed by atoms with Gasteiger partial charge in [-0.15, -0.1) is 0 Å². The van der Waals surface area contributed by atoms with E-state index in [0.29, 0.717) is 11.3 Å². The Balaban J connectivity index is 1.91. The van der Waals surface area contributed by atoms with Crippen molar-refractivity contribution < 1.29 is 14.3 Å². The molecule has 5 heteroatoms. The average Bonchev–Trinajstić information content (AvgIpc) is 2.96. The first-order valence-electron chi connectivity index (χ1n) is 7.52. The molecule has 0 aromatic heterocycles. The third-order valence-electron chi connectivity index (χ3n) is 3.67. The van der Waals surface area contributed by atoms with Gasteiger partial charge in [0.15, 0.2) is 5.70 Å². The second-order valence-corrected chi connectivity index (χ2v) is 5.52. The number of esters is 1. The Kier molecular flexibility index (Phi) is 4.33. The summed E-state index contributed by atoms with van der Waals surface area (Å²) >= 11 is 0. The Morgan fingerprint density at radius 1 is 1.08 bits per heavy atom. The third-order valence-corrected chi connectivity index (χ3v) is 3.67. The van der Waals surface area contributed by atoms with E-state index in [1.807, 2.05) is 55.4 Å². The summed E-state index contributed by atoms with van der Waals surface area (Å²) in [6.07, 6.45) is 1.71. The Labute approximate surface area is 140 Å². The number of methoxy groups -OCH3 is 1. The molecule has 0 radical (unpaired) electrons. The SMILES string of the molecule is COc1ccccc1C1=N/C(=C/c2ccc(N(C)C)cc2)C(=O)O1. The zero-order valence-corrected chi connectivity index (χ0v) is 13.8. The molecule has 1 heterocycles. The highest BCUT2D eigenvalue weighted by atomic mass is 16.6. The van der Waals surface area contributed by atoms with Gasteiger partial charge in [-0.25, -0.2) is 9.79 Å². The molecular weight excluding hydrogens is 304 g/mol. The van der Waals surface area contributed by atoms with E-state index in [4.69, 9.17) is 9.47 Å².